The van der Waals surface area contributed by atoms with Crippen molar-refractivity contribution in [1.29, 1.82) is 0 Å². The van der Waals surface area contributed by atoms with E-state index < -0.39 is 12.1 Å². The molecule has 10 atom stereocenters. The topological polar surface area (TPSA) is 93.2 Å². The van der Waals surface area contributed by atoms with Crippen LogP contribution in [0.4, 0.5) is 0 Å². The molecule has 0 aromatic rings. The van der Waals surface area contributed by atoms with Crippen molar-refractivity contribution in [2.45, 2.75) is 110 Å². The lowest BCUT2D eigenvalue weighted by Gasteiger charge is -2.59. The maximum absolute atomic E-state index is 12.8. The van der Waals surface area contributed by atoms with Crippen molar-refractivity contribution in [1.82, 2.24) is 0 Å². The van der Waals surface area contributed by atoms with Crippen LogP contribution in [-0.4, -0.2) is 51.6 Å². The molecule has 5 aliphatic rings. The van der Waals surface area contributed by atoms with E-state index in [1.165, 1.54) is 0 Å². The van der Waals surface area contributed by atoms with E-state index in [0.717, 1.165) is 43.0 Å². The minimum absolute atomic E-state index is 0.0217. The summed E-state index contributed by atoms with van der Waals surface area (Å²) in [7, 11) is 0. The van der Waals surface area contributed by atoms with Crippen LogP contribution < -0.4 is 0 Å². The van der Waals surface area contributed by atoms with Gasteiger partial charge in [-0.3, -0.25) is 14.4 Å². The lowest BCUT2D eigenvalue weighted by molar-refractivity contribution is -0.157. The number of epoxide rings is 1. The van der Waals surface area contributed by atoms with Crippen molar-refractivity contribution in [3.05, 3.63) is 23.8 Å². The van der Waals surface area contributed by atoms with Gasteiger partial charge in [-0.2, -0.15) is 0 Å². The van der Waals surface area contributed by atoms with Crippen LogP contribution in [0.15, 0.2) is 23.8 Å². The summed E-state index contributed by atoms with van der Waals surface area (Å²) in [5, 5.41) is 11.3. The van der Waals surface area contributed by atoms with Crippen LogP contribution in [0.3, 0.4) is 0 Å². The van der Waals surface area contributed by atoms with E-state index in [-0.39, 0.29) is 57.3 Å². The first-order valence-electron chi connectivity index (χ1n) is 14.7. The average molecular weight is 559 g/mol. The standard InChI is InChI=1S/C32H46O6S/c1-18(25(17-32(6)29(2,3)38-32)37-26(35)16-27(36)39-7)21-8-9-22-28-23(11-13-31(21,22)5)30(4)12-10-20(33)14-19(30)15-24(28)34/h10,12,14,18,21-25,28,34H,8-9,11,13,15-17H2,1-7H3. The Bertz CT molecular complexity index is 1110. The molecule has 1 heterocycles. The highest BCUT2D eigenvalue weighted by molar-refractivity contribution is 8.13. The van der Waals surface area contributed by atoms with Gasteiger partial charge in [0.2, 0.25) is 0 Å². The zero-order valence-corrected chi connectivity index (χ0v) is 25.4. The van der Waals surface area contributed by atoms with Crippen LogP contribution in [0.1, 0.15) is 86.5 Å². The smallest absolute Gasteiger partial charge is 0.314 e. The molecule has 5 rings (SSSR count). The Morgan fingerprint density at radius 3 is 2.49 bits per heavy atom. The second-order valence-electron chi connectivity index (χ2n) is 14.2. The summed E-state index contributed by atoms with van der Waals surface area (Å²) in [6.45, 7) is 13.1. The van der Waals surface area contributed by atoms with Crippen molar-refractivity contribution in [3.8, 4) is 0 Å². The first-order valence-corrected chi connectivity index (χ1v) is 16.0. The number of ether oxygens (including phenoxy) is 2. The molecule has 4 aliphatic carbocycles. The lowest BCUT2D eigenvalue weighted by Crippen LogP contribution is -2.55. The predicted molar refractivity (Wildman–Crippen MR) is 152 cm³/mol. The fraction of sp³-hybridized carbons (Fsp3) is 0.781. The minimum Gasteiger partial charge on any atom is -0.462 e. The zero-order chi connectivity index (χ0) is 28.5. The number of fused-ring (bicyclic) bond motifs is 5. The summed E-state index contributed by atoms with van der Waals surface area (Å²) in [5.74, 6) is 0.884. The summed E-state index contributed by atoms with van der Waals surface area (Å²) >= 11 is 1.06. The number of rotatable bonds is 7. The number of allylic oxidation sites excluding steroid dienone is 3. The Labute approximate surface area is 237 Å². The molecule has 0 aromatic heterocycles. The number of thioether (sulfide) groups is 1. The molecule has 39 heavy (non-hydrogen) atoms. The van der Waals surface area contributed by atoms with E-state index in [0.29, 0.717) is 30.6 Å². The predicted octanol–water partition coefficient (Wildman–Crippen LogP) is 5.67. The van der Waals surface area contributed by atoms with Crippen LogP contribution in [0.2, 0.25) is 0 Å². The molecule has 0 radical (unpaired) electrons. The van der Waals surface area contributed by atoms with Gasteiger partial charge in [0.1, 0.15) is 12.5 Å². The third-order valence-corrected chi connectivity index (χ3v) is 12.6. The molecule has 4 fully saturated rings. The van der Waals surface area contributed by atoms with Gasteiger partial charge >= 0.3 is 5.97 Å². The van der Waals surface area contributed by atoms with E-state index >= 15 is 0 Å². The number of carbonyl (C=O) groups is 3. The number of carbonyl (C=O) groups excluding carboxylic acids is 3. The number of esters is 1. The molecule has 3 saturated carbocycles. The Hall–Kier alpha value is -1.44. The van der Waals surface area contributed by atoms with Gasteiger partial charge < -0.3 is 14.6 Å². The maximum Gasteiger partial charge on any atom is 0.314 e. The van der Waals surface area contributed by atoms with E-state index in [1.54, 1.807) is 18.4 Å². The third-order valence-electron chi connectivity index (χ3n) is 12.0. The molecule has 0 spiro atoms. The molecule has 1 N–H and O–H groups in total. The fourth-order valence-corrected chi connectivity index (χ4v) is 9.54. The molecule has 1 saturated heterocycles. The van der Waals surface area contributed by atoms with Gasteiger partial charge in [-0.15, -0.1) is 0 Å². The second kappa shape index (κ2) is 9.84. The Kier molecular flexibility index (Phi) is 7.33. The first-order chi connectivity index (χ1) is 18.1. The summed E-state index contributed by atoms with van der Waals surface area (Å²) in [6.07, 6.45) is 11.6. The number of hydrogen-bond donors (Lipinski definition) is 1. The van der Waals surface area contributed by atoms with Crippen molar-refractivity contribution in [3.63, 3.8) is 0 Å². The number of ketones is 1. The van der Waals surface area contributed by atoms with Gasteiger partial charge in [0.05, 0.1) is 17.3 Å². The number of hydrogen-bond acceptors (Lipinski definition) is 7. The molecule has 0 aromatic carbocycles. The van der Waals surface area contributed by atoms with Crippen molar-refractivity contribution >= 4 is 28.6 Å². The van der Waals surface area contributed by atoms with Gasteiger partial charge in [-0.1, -0.05) is 44.2 Å². The van der Waals surface area contributed by atoms with E-state index in [2.05, 4.69) is 47.6 Å². The summed E-state index contributed by atoms with van der Waals surface area (Å²) < 4.78 is 12.2. The minimum atomic E-state index is -0.453. The second-order valence-corrected chi connectivity index (χ2v) is 15.0. The Morgan fingerprint density at radius 2 is 1.85 bits per heavy atom. The van der Waals surface area contributed by atoms with Gasteiger partial charge in [-0.05, 0) is 106 Å². The molecular formula is C32H46O6S. The molecule has 6 nitrogen and oxygen atoms in total. The molecule has 1 aliphatic heterocycles. The SMILES string of the molecule is CSC(=O)CC(=O)OC(CC1(C)OC1(C)C)C(C)C1CCC2C3C(O)CC4=CC(=O)C=CC4(C)C3CCC12C. The quantitative estimate of drug-likeness (QED) is 0.245. The fourth-order valence-electron chi connectivity index (χ4n) is 9.28. The first kappa shape index (κ1) is 29.1. The Morgan fingerprint density at radius 1 is 1.15 bits per heavy atom. The number of aliphatic hydroxyl groups is 1. The van der Waals surface area contributed by atoms with E-state index in [9.17, 15) is 19.5 Å². The van der Waals surface area contributed by atoms with Crippen molar-refractivity contribution < 1.29 is 29.0 Å². The van der Waals surface area contributed by atoms with E-state index in [1.807, 2.05) is 0 Å². The van der Waals surface area contributed by atoms with Crippen LogP contribution in [0.5, 0.6) is 0 Å². The van der Waals surface area contributed by atoms with Crippen LogP contribution in [0.25, 0.3) is 0 Å². The summed E-state index contributed by atoms with van der Waals surface area (Å²) in [6, 6.07) is 0. The summed E-state index contributed by atoms with van der Waals surface area (Å²) in [4.78, 5) is 36.9. The van der Waals surface area contributed by atoms with Gasteiger partial charge in [-0.25, -0.2) is 0 Å². The van der Waals surface area contributed by atoms with Crippen LogP contribution in [-0.2, 0) is 23.9 Å². The third kappa shape index (κ3) is 4.78. The monoisotopic (exact) mass is 558 g/mol. The molecule has 7 heteroatoms. The molecule has 10 unspecified atom stereocenters. The normalized spacial score (nSPS) is 43.4. The Balaban J connectivity index is 1.39. The maximum atomic E-state index is 12.8. The molecule has 0 bridgehead atoms. The lowest BCUT2D eigenvalue weighted by atomic mass is 9.46. The zero-order valence-electron chi connectivity index (χ0n) is 24.6. The molecular weight excluding hydrogens is 512 g/mol. The highest BCUT2D eigenvalue weighted by atomic mass is 32.2. The highest BCUT2D eigenvalue weighted by Crippen LogP contribution is 2.67. The largest absolute Gasteiger partial charge is 0.462 e. The number of aliphatic hydroxyl groups excluding tert-OH is 1. The van der Waals surface area contributed by atoms with Crippen LogP contribution >= 0.6 is 11.8 Å². The van der Waals surface area contributed by atoms with Crippen molar-refractivity contribution in [2.24, 2.45) is 40.4 Å². The summed E-state index contributed by atoms with van der Waals surface area (Å²) in [5.41, 5.74) is 0.298. The van der Waals surface area contributed by atoms with Crippen LogP contribution in [0, 0.1) is 40.4 Å². The molecule has 216 valence electrons. The van der Waals surface area contributed by atoms with E-state index in [4.69, 9.17) is 9.47 Å². The highest BCUT2D eigenvalue weighted by Gasteiger charge is 2.64. The van der Waals surface area contributed by atoms with Gasteiger partial charge in [0.15, 0.2) is 10.9 Å². The van der Waals surface area contributed by atoms with Gasteiger partial charge in [0, 0.05) is 11.8 Å². The van der Waals surface area contributed by atoms with Crippen molar-refractivity contribution in [2.75, 3.05) is 6.26 Å². The van der Waals surface area contributed by atoms with Gasteiger partial charge in [0.25, 0.3) is 0 Å². The molecule has 0 amide bonds. The average Bonchev–Trinajstić information content (AvgIpc) is 3.16.